The minimum atomic E-state index is -0.178. The van der Waals surface area contributed by atoms with Crippen LogP contribution in [0.4, 0.5) is 0 Å². The Hall–Kier alpha value is -0.650. The molecule has 2 aliphatic heterocycles. The molecular formula is C12H22N2O3. The Morgan fingerprint density at radius 2 is 2.24 bits per heavy atom. The van der Waals surface area contributed by atoms with Crippen molar-refractivity contribution in [2.24, 2.45) is 11.7 Å². The Balaban J connectivity index is 1.62. The van der Waals surface area contributed by atoms with Gasteiger partial charge in [-0.3, -0.25) is 4.79 Å². The molecule has 0 aliphatic carbocycles. The van der Waals surface area contributed by atoms with Crippen molar-refractivity contribution in [1.82, 2.24) is 5.32 Å². The van der Waals surface area contributed by atoms with Crippen molar-refractivity contribution < 1.29 is 14.3 Å². The highest BCUT2D eigenvalue weighted by Crippen LogP contribution is 2.15. The summed E-state index contributed by atoms with van der Waals surface area (Å²) >= 11 is 0. The van der Waals surface area contributed by atoms with Crippen molar-refractivity contribution >= 4 is 5.91 Å². The number of rotatable bonds is 4. The van der Waals surface area contributed by atoms with E-state index in [-0.39, 0.29) is 17.9 Å². The van der Waals surface area contributed by atoms with E-state index >= 15 is 0 Å². The fourth-order valence-electron chi connectivity index (χ4n) is 2.36. The second-order valence-electron chi connectivity index (χ2n) is 4.88. The lowest BCUT2D eigenvalue weighted by Crippen LogP contribution is -2.41. The zero-order chi connectivity index (χ0) is 12.1. The van der Waals surface area contributed by atoms with Crippen LogP contribution in [0, 0.1) is 5.92 Å². The van der Waals surface area contributed by atoms with Gasteiger partial charge in [0.1, 0.15) is 0 Å². The fourth-order valence-corrected chi connectivity index (χ4v) is 2.36. The summed E-state index contributed by atoms with van der Waals surface area (Å²) in [5.41, 5.74) is 5.78. The zero-order valence-corrected chi connectivity index (χ0v) is 10.2. The van der Waals surface area contributed by atoms with Gasteiger partial charge in [-0.2, -0.15) is 0 Å². The Kier molecular flexibility index (Phi) is 4.76. The maximum Gasteiger partial charge on any atom is 0.227 e. The Bertz CT molecular complexity index is 254. The number of carbonyl (C=O) groups excluding carboxylic acids is 1. The lowest BCUT2D eigenvalue weighted by atomic mass is 10.0. The van der Waals surface area contributed by atoms with E-state index in [9.17, 15) is 4.79 Å². The predicted molar refractivity (Wildman–Crippen MR) is 63.5 cm³/mol. The van der Waals surface area contributed by atoms with Crippen molar-refractivity contribution in [3.63, 3.8) is 0 Å². The number of ether oxygens (including phenoxy) is 2. The van der Waals surface area contributed by atoms with Gasteiger partial charge < -0.3 is 20.5 Å². The van der Waals surface area contributed by atoms with E-state index in [4.69, 9.17) is 15.2 Å². The van der Waals surface area contributed by atoms with E-state index < -0.39 is 0 Å². The molecule has 3 unspecified atom stereocenters. The first-order valence-corrected chi connectivity index (χ1v) is 6.50. The van der Waals surface area contributed by atoms with Crippen LogP contribution < -0.4 is 11.1 Å². The summed E-state index contributed by atoms with van der Waals surface area (Å²) in [5, 5.41) is 2.92. The Morgan fingerprint density at radius 1 is 1.35 bits per heavy atom. The number of hydrogen-bond donors (Lipinski definition) is 2. The van der Waals surface area contributed by atoms with Crippen LogP contribution >= 0.6 is 0 Å². The summed E-state index contributed by atoms with van der Waals surface area (Å²) in [4.78, 5) is 11.8. The molecule has 0 saturated carbocycles. The van der Waals surface area contributed by atoms with Gasteiger partial charge in [-0.25, -0.2) is 0 Å². The topological polar surface area (TPSA) is 73.6 Å². The van der Waals surface area contributed by atoms with Gasteiger partial charge in [0.2, 0.25) is 5.91 Å². The lowest BCUT2D eigenvalue weighted by molar-refractivity contribution is -0.125. The molecule has 2 saturated heterocycles. The van der Waals surface area contributed by atoms with E-state index in [1.54, 1.807) is 0 Å². The average molecular weight is 242 g/mol. The average Bonchev–Trinajstić information content (AvgIpc) is 2.77. The highest BCUT2D eigenvalue weighted by Gasteiger charge is 2.31. The molecule has 0 spiro atoms. The molecule has 0 aromatic rings. The van der Waals surface area contributed by atoms with Crippen LogP contribution in [0.25, 0.3) is 0 Å². The number of nitrogens with one attached hydrogen (secondary N) is 1. The van der Waals surface area contributed by atoms with E-state index in [2.05, 4.69) is 5.32 Å². The highest BCUT2D eigenvalue weighted by molar-refractivity contribution is 5.79. The van der Waals surface area contributed by atoms with Crippen LogP contribution in [0.2, 0.25) is 0 Å². The molecule has 5 heteroatoms. The first kappa shape index (κ1) is 12.8. The number of carbonyl (C=O) groups is 1. The van der Waals surface area contributed by atoms with Gasteiger partial charge in [-0.15, -0.1) is 0 Å². The molecule has 1 amide bonds. The standard InChI is InChI=1S/C12H22N2O3/c13-11-8-16-7-10(11)12(15)14-5-4-9-3-1-2-6-17-9/h9-11H,1-8,13H2,(H,14,15). The van der Waals surface area contributed by atoms with Gasteiger partial charge >= 0.3 is 0 Å². The van der Waals surface area contributed by atoms with Crippen LogP contribution in [-0.4, -0.2) is 44.4 Å². The molecule has 2 heterocycles. The second kappa shape index (κ2) is 6.33. The molecule has 3 N–H and O–H groups in total. The van der Waals surface area contributed by atoms with E-state index in [1.165, 1.54) is 6.42 Å². The van der Waals surface area contributed by atoms with Crippen LogP contribution in [0.1, 0.15) is 25.7 Å². The highest BCUT2D eigenvalue weighted by atomic mass is 16.5. The quantitative estimate of drug-likeness (QED) is 0.730. The molecule has 0 aromatic heterocycles. The van der Waals surface area contributed by atoms with Gasteiger partial charge in [0.15, 0.2) is 0 Å². The molecule has 5 nitrogen and oxygen atoms in total. The normalized spacial score (nSPS) is 33.6. The third-order valence-corrected chi connectivity index (χ3v) is 3.50. The van der Waals surface area contributed by atoms with Crippen LogP contribution in [0.5, 0.6) is 0 Å². The van der Waals surface area contributed by atoms with Gasteiger partial charge in [0.25, 0.3) is 0 Å². The fraction of sp³-hybridized carbons (Fsp3) is 0.917. The molecule has 17 heavy (non-hydrogen) atoms. The van der Waals surface area contributed by atoms with Gasteiger partial charge in [0, 0.05) is 19.2 Å². The molecule has 98 valence electrons. The van der Waals surface area contributed by atoms with Crippen molar-refractivity contribution in [2.75, 3.05) is 26.4 Å². The zero-order valence-electron chi connectivity index (χ0n) is 10.2. The van der Waals surface area contributed by atoms with Crippen molar-refractivity contribution in [1.29, 1.82) is 0 Å². The van der Waals surface area contributed by atoms with Gasteiger partial charge in [-0.1, -0.05) is 0 Å². The molecule has 3 atom stereocenters. The van der Waals surface area contributed by atoms with Crippen LogP contribution in [-0.2, 0) is 14.3 Å². The maximum atomic E-state index is 11.8. The predicted octanol–water partition coefficient (Wildman–Crippen LogP) is 0.0355. The smallest absolute Gasteiger partial charge is 0.227 e. The summed E-state index contributed by atoms with van der Waals surface area (Å²) in [5.74, 6) is -0.159. The van der Waals surface area contributed by atoms with E-state index in [0.717, 1.165) is 25.9 Å². The Morgan fingerprint density at radius 3 is 2.88 bits per heavy atom. The molecule has 2 aliphatic rings. The Labute approximate surface area is 102 Å². The minimum Gasteiger partial charge on any atom is -0.379 e. The van der Waals surface area contributed by atoms with Crippen molar-refractivity contribution in [3.8, 4) is 0 Å². The van der Waals surface area contributed by atoms with Crippen molar-refractivity contribution in [2.45, 2.75) is 37.8 Å². The number of nitrogens with two attached hydrogens (primary N) is 1. The molecule has 0 aromatic carbocycles. The molecule has 2 rings (SSSR count). The second-order valence-corrected chi connectivity index (χ2v) is 4.88. The van der Waals surface area contributed by atoms with Gasteiger partial charge in [-0.05, 0) is 25.7 Å². The molecular weight excluding hydrogens is 220 g/mol. The molecule has 0 radical (unpaired) electrons. The maximum absolute atomic E-state index is 11.8. The van der Waals surface area contributed by atoms with Crippen LogP contribution in [0.15, 0.2) is 0 Å². The lowest BCUT2D eigenvalue weighted by Gasteiger charge is -2.23. The summed E-state index contributed by atoms with van der Waals surface area (Å²) in [7, 11) is 0. The third-order valence-electron chi connectivity index (χ3n) is 3.50. The number of amides is 1. The van der Waals surface area contributed by atoms with E-state index in [1.807, 2.05) is 0 Å². The van der Waals surface area contributed by atoms with Crippen molar-refractivity contribution in [3.05, 3.63) is 0 Å². The number of hydrogen-bond acceptors (Lipinski definition) is 4. The SMILES string of the molecule is NC1COCC1C(=O)NCCC1CCCCO1. The van der Waals surface area contributed by atoms with E-state index in [0.29, 0.717) is 25.9 Å². The summed E-state index contributed by atoms with van der Waals surface area (Å²) in [6, 6.07) is -0.152. The van der Waals surface area contributed by atoms with Gasteiger partial charge in [0.05, 0.1) is 25.2 Å². The summed E-state index contributed by atoms with van der Waals surface area (Å²) in [6.45, 7) is 2.48. The largest absolute Gasteiger partial charge is 0.379 e. The third kappa shape index (κ3) is 3.66. The summed E-state index contributed by atoms with van der Waals surface area (Å²) < 4.78 is 10.8. The molecule has 2 fully saturated rings. The minimum absolute atomic E-state index is 0.0193. The van der Waals surface area contributed by atoms with Crippen LogP contribution in [0.3, 0.4) is 0 Å². The summed E-state index contributed by atoms with van der Waals surface area (Å²) in [6.07, 6.45) is 4.73. The first-order valence-electron chi connectivity index (χ1n) is 6.50. The molecule has 0 bridgehead atoms. The first-order chi connectivity index (χ1) is 8.27. The monoisotopic (exact) mass is 242 g/mol.